The van der Waals surface area contributed by atoms with Gasteiger partial charge in [-0.2, -0.15) is 0 Å². The first-order chi connectivity index (χ1) is 7.22. The first-order valence-electron chi connectivity index (χ1n) is 5.59. The van der Waals surface area contributed by atoms with Crippen LogP contribution in [0.1, 0.15) is 32.1 Å². The van der Waals surface area contributed by atoms with Crippen molar-refractivity contribution in [2.45, 2.75) is 32.1 Å². The van der Waals surface area contributed by atoms with Crippen molar-refractivity contribution < 1.29 is 14.6 Å². The van der Waals surface area contributed by atoms with Gasteiger partial charge in [0.1, 0.15) is 0 Å². The minimum Gasteiger partial charge on any atom is -0.396 e. The van der Waals surface area contributed by atoms with Crippen LogP contribution in [0.15, 0.2) is 0 Å². The molecule has 0 aromatic heterocycles. The molecular formula is C11H21NO3. The highest BCUT2D eigenvalue weighted by molar-refractivity contribution is 5.75. The van der Waals surface area contributed by atoms with Crippen LogP contribution in [0, 0.1) is 5.41 Å². The fourth-order valence-corrected chi connectivity index (χ4v) is 2.09. The van der Waals surface area contributed by atoms with Crippen LogP contribution in [0.25, 0.3) is 0 Å². The van der Waals surface area contributed by atoms with Crippen molar-refractivity contribution in [1.29, 1.82) is 0 Å². The van der Waals surface area contributed by atoms with Gasteiger partial charge in [0.15, 0.2) is 0 Å². The summed E-state index contributed by atoms with van der Waals surface area (Å²) in [6.07, 6.45) is 4.77. The first kappa shape index (κ1) is 12.5. The van der Waals surface area contributed by atoms with E-state index in [9.17, 15) is 9.90 Å². The number of ether oxygens (including phenoxy) is 1. The zero-order valence-corrected chi connectivity index (χ0v) is 9.42. The molecule has 15 heavy (non-hydrogen) atoms. The summed E-state index contributed by atoms with van der Waals surface area (Å²) in [5.41, 5.74) is -0.0528. The zero-order valence-electron chi connectivity index (χ0n) is 9.42. The Labute approximate surface area is 91.0 Å². The van der Waals surface area contributed by atoms with E-state index in [1.165, 1.54) is 0 Å². The van der Waals surface area contributed by atoms with Crippen molar-refractivity contribution in [3.8, 4) is 0 Å². The Morgan fingerprint density at radius 3 is 2.67 bits per heavy atom. The average molecular weight is 215 g/mol. The van der Waals surface area contributed by atoms with Gasteiger partial charge < -0.3 is 15.2 Å². The molecule has 0 saturated heterocycles. The molecule has 0 aliphatic heterocycles. The fraction of sp³-hybridized carbons (Fsp3) is 0.909. The average Bonchev–Trinajstić information content (AvgIpc) is 2.73. The number of methoxy groups -OCH3 is 1. The molecular weight excluding hydrogens is 194 g/mol. The molecule has 4 heteroatoms. The van der Waals surface area contributed by atoms with Crippen LogP contribution in [0.4, 0.5) is 0 Å². The molecule has 2 N–H and O–H groups in total. The molecule has 1 saturated carbocycles. The number of aliphatic hydroxyl groups is 1. The van der Waals surface area contributed by atoms with E-state index in [-0.39, 0.29) is 17.9 Å². The second-order valence-electron chi connectivity index (χ2n) is 4.38. The van der Waals surface area contributed by atoms with Gasteiger partial charge >= 0.3 is 0 Å². The van der Waals surface area contributed by atoms with Crippen LogP contribution in [-0.4, -0.2) is 37.9 Å². The summed E-state index contributed by atoms with van der Waals surface area (Å²) in [7, 11) is 1.58. The SMILES string of the molecule is COCCC(=O)NCC1(CO)CCCC1. The lowest BCUT2D eigenvalue weighted by Gasteiger charge is -2.26. The van der Waals surface area contributed by atoms with Gasteiger partial charge in [0.05, 0.1) is 13.2 Å². The third-order valence-electron chi connectivity index (χ3n) is 3.19. The van der Waals surface area contributed by atoms with Crippen LogP contribution >= 0.6 is 0 Å². The molecule has 0 heterocycles. The molecule has 0 atom stereocenters. The van der Waals surface area contributed by atoms with Crippen molar-refractivity contribution in [3.05, 3.63) is 0 Å². The van der Waals surface area contributed by atoms with Crippen LogP contribution in [0.5, 0.6) is 0 Å². The lowest BCUT2D eigenvalue weighted by Crippen LogP contribution is -2.38. The Kier molecular flexibility index (Phi) is 5.05. The topological polar surface area (TPSA) is 58.6 Å². The van der Waals surface area contributed by atoms with Crippen LogP contribution in [0.2, 0.25) is 0 Å². The summed E-state index contributed by atoms with van der Waals surface area (Å²) in [5.74, 6) is 0.0107. The molecule has 1 amide bonds. The summed E-state index contributed by atoms with van der Waals surface area (Å²) in [4.78, 5) is 11.3. The number of aliphatic hydroxyl groups excluding tert-OH is 1. The smallest absolute Gasteiger partial charge is 0.222 e. The van der Waals surface area contributed by atoms with Gasteiger partial charge in [-0.15, -0.1) is 0 Å². The molecule has 0 unspecified atom stereocenters. The molecule has 0 radical (unpaired) electrons. The van der Waals surface area contributed by atoms with E-state index >= 15 is 0 Å². The molecule has 4 nitrogen and oxygen atoms in total. The minimum atomic E-state index is -0.0528. The molecule has 0 bridgehead atoms. The van der Waals surface area contributed by atoms with E-state index in [0.717, 1.165) is 25.7 Å². The maximum atomic E-state index is 11.3. The van der Waals surface area contributed by atoms with Gasteiger partial charge in [0.25, 0.3) is 0 Å². The summed E-state index contributed by atoms with van der Waals surface area (Å²) in [6, 6.07) is 0. The van der Waals surface area contributed by atoms with Gasteiger partial charge in [-0.1, -0.05) is 12.8 Å². The van der Waals surface area contributed by atoms with E-state index in [1.54, 1.807) is 7.11 Å². The number of hydrogen-bond acceptors (Lipinski definition) is 3. The molecule has 1 aliphatic rings. The van der Waals surface area contributed by atoms with Gasteiger partial charge in [-0.05, 0) is 12.8 Å². The van der Waals surface area contributed by atoms with E-state index in [2.05, 4.69) is 5.32 Å². The monoisotopic (exact) mass is 215 g/mol. The highest BCUT2D eigenvalue weighted by atomic mass is 16.5. The summed E-state index contributed by atoms with van der Waals surface area (Å²) >= 11 is 0. The van der Waals surface area contributed by atoms with Crippen LogP contribution < -0.4 is 5.32 Å². The molecule has 1 rings (SSSR count). The Bertz CT molecular complexity index is 200. The van der Waals surface area contributed by atoms with Crippen LogP contribution in [-0.2, 0) is 9.53 Å². The first-order valence-corrected chi connectivity index (χ1v) is 5.59. The fourth-order valence-electron chi connectivity index (χ4n) is 2.09. The third-order valence-corrected chi connectivity index (χ3v) is 3.19. The molecule has 0 spiro atoms. The normalized spacial score (nSPS) is 19.1. The van der Waals surface area contributed by atoms with E-state index in [1.807, 2.05) is 0 Å². The van der Waals surface area contributed by atoms with Crippen molar-refractivity contribution in [2.24, 2.45) is 5.41 Å². The van der Waals surface area contributed by atoms with E-state index < -0.39 is 0 Å². The number of nitrogens with one attached hydrogen (secondary N) is 1. The van der Waals surface area contributed by atoms with Gasteiger partial charge in [0, 0.05) is 25.5 Å². The quantitative estimate of drug-likeness (QED) is 0.685. The number of amides is 1. The molecule has 0 aromatic rings. The third kappa shape index (κ3) is 3.80. The summed E-state index contributed by atoms with van der Waals surface area (Å²) in [6.45, 7) is 1.24. The van der Waals surface area contributed by atoms with Gasteiger partial charge in [-0.3, -0.25) is 4.79 Å². The predicted octanol–water partition coefficient (Wildman–Crippen LogP) is 0.692. The maximum Gasteiger partial charge on any atom is 0.222 e. The number of rotatable bonds is 6. The highest BCUT2D eigenvalue weighted by Crippen LogP contribution is 2.36. The Hall–Kier alpha value is -0.610. The zero-order chi connectivity index (χ0) is 11.1. The maximum absolute atomic E-state index is 11.3. The number of carbonyl (C=O) groups excluding carboxylic acids is 1. The number of hydrogen-bond donors (Lipinski definition) is 2. The van der Waals surface area contributed by atoms with Crippen molar-refractivity contribution in [3.63, 3.8) is 0 Å². The lowest BCUT2D eigenvalue weighted by atomic mass is 9.87. The van der Waals surface area contributed by atoms with Crippen LogP contribution in [0.3, 0.4) is 0 Å². The Morgan fingerprint density at radius 2 is 2.13 bits per heavy atom. The summed E-state index contributed by atoms with van der Waals surface area (Å²) < 4.78 is 4.83. The standard InChI is InChI=1S/C11H21NO3/c1-15-7-4-10(14)12-8-11(9-13)5-2-3-6-11/h13H,2-9H2,1H3,(H,12,14). The van der Waals surface area contributed by atoms with Gasteiger partial charge in [-0.25, -0.2) is 0 Å². The Morgan fingerprint density at radius 1 is 1.47 bits per heavy atom. The van der Waals surface area contributed by atoms with E-state index in [4.69, 9.17) is 4.74 Å². The van der Waals surface area contributed by atoms with Crippen molar-refractivity contribution in [1.82, 2.24) is 5.32 Å². The molecule has 1 fully saturated rings. The van der Waals surface area contributed by atoms with E-state index in [0.29, 0.717) is 19.6 Å². The molecule has 88 valence electrons. The highest BCUT2D eigenvalue weighted by Gasteiger charge is 2.33. The van der Waals surface area contributed by atoms with Crippen molar-refractivity contribution >= 4 is 5.91 Å². The Balaban J connectivity index is 2.25. The molecule has 0 aromatic carbocycles. The predicted molar refractivity (Wildman–Crippen MR) is 57.5 cm³/mol. The minimum absolute atomic E-state index is 0.0107. The summed E-state index contributed by atoms with van der Waals surface area (Å²) in [5, 5.41) is 12.2. The largest absolute Gasteiger partial charge is 0.396 e. The second-order valence-corrected chi connectivity index (χ2v) is 4.38. The van der Waals surface area contributed by atoms with Gasteiger partial charge in [0.2, 0.25) is 5.91 Å². The number of carbonyl (C=O) groups is 1. The molecule has 1 aliphatic carbocycles. The lowest BCUT2D eigenvalue weighted by molar-refractivity contribution is -0.122. The van der Waals surface area contributed by atoms with Crippen molar-refractivity contribution in [2.75, 3.05) is 26.9 Å². The second kappa shape index (κ2) is 6.08.